The second kappa shape index (κ2) is 5.48. The summed E-state index contributed by atoms with van der Waals surface area (Å²) in [6.45, 7) is 3.95. The summed E-state index contributed by atoms with van der Waals surface area (Å²) >= 11 is 0. The molecule has 90 valence electrons. The summed E-state index contributed by atoms with van der Waals surface area (Å²) in [5.74, 6) is 0.208. The van der Waals surface area contributed by atoms with Crippen LogP contribution in [-0.2, 0) is 4.74 Å². The molecule has 2 heteroatoms. The summed E-state index contributed by atoms with van der Waals surface area (Å²) in [5.41, 5.74) is 0.264. The third-order valence-electron chi connectivity index (χ3n) is 2.90. The molecule has 0 atom stereocenters. The molecule has 1 aromatic rings. The summed E-state index contributed by atoms with van der Waals surface area (Å²) in [6, 6.07) is 12.3. The van der Waals surface area contributed by atoms with Gasteiger partial charge in [-0.25, -0.2) is 0 Å². The molecule has 0 bridgehead atoms. The first kappa shape index (κ1) is 12.3. The topological polar surface area (TPSA) is 33.0 Å². The molecule has 0 heterocycles. The Hall–Kier alpha value is -2.11. The minimum absolute atomic E-state index is 0.208. The summed E-state index contributed by atoms with van der Waals surface area (Å²) in [4.78, 5) is 0. The van der Waals surface area contributed by atoms with Crippen molar-refractivity contribution in [3.05, 3.63) is 72.9 Å². The Morgan fingerprint density at radius 3 is 2.50 bits per heavy atom. The standard InChI is InChI=1S/C16H15NO/c1-2-12-18-16(13-17)10-8-15(9-11-16)14-6-4-3-5-7-14/h2-11,15H,1,12H2. The van der Waals surface area contributed by atoms with Crippen molar-refractivity contribution in [3.63, 3.8) is 0 Å². The van der Waals surface area contributed by atoms with Gasteiger partial charge in [-0.05, 0) is 17.7 Å². The second-order valence-corrected chi connectivity index (χ2v) is 4.16. The van der Waals surface area contributed by atoms with Crippen molar-refractivity contribution >= 4 is 0 Å². The Morgan fingerprint density at radius 1 is 1.28 bits per heavy atom. The molecule has 0 aliphatic heterocycles. The van der Waals surface area contributed by atoms with Crippen LogP contribution in [0, 0.1) is 11.3 Å². The number of rotatable bonds is 4. The van der Waals surface area contributed by atoms with Crippen molar-refractivity contribution in [1.82, 2.24) is 0 Å². The van der Waals surface area contributed by atoms with E-state index in [-0.39, 0.29) is 5.92 Å². The summed E-state index contributed by atoms with van der Waals surface area (Å²) in [5, 5.41) is 9.21. The highest BCUT2D eigenvalue weighted by Gasteiger charge is 2.27. The van der Waals surface area contributed by atoms with E-state index in [0.29, 0.717) is 6.61 Å². The van der Waals surface area contributed by atoms with E-state index < -0.39 is 5.60 Å². The smallest absolute Gasteiger partial charge is 0.191 e. The lowest BCUT2D eigenvalue weighted by Gasteiger charge is -2.24. The van der Waals surface area contributed by atoms with Crippen LogP contribution in [0.25, 0.3) is 0 Å². The van der Waals surface area contributed by atoms with Gasteiger partial charge in [-0.3, -0.25) is 0 Å². The van der Waals surface area contributed by atoms with Crippen molar-refractivity contribution in [1.29, 1.82) is 5.26 Å². The van der Waals surface area contributed by atoms with Crippen molar-refractivity contribution in [2.45, 2.75) is 11.5 Å². The molecule has 1 aromatic carbocycles. The Kier molecular flexibility index (Phi) is 3.76. The van der Waals surface area contributed by atoms with Gasteiger partial charge >= 0.3 is 0 Å². The van der Waals surface area contributed by atoms with Crippen LogP contribution in [0.1, 0.15) is 11.5 Å². The molecule has 1 aliphatic carbocycles. The largest absolute Gasteiger partial charge is 0.349 e. The van der Waals surface area contributed by atoms with Gasteiger partial charge in [-0.15, -0.1) is 6.58 Å². The number of allylic oxidation sites excluding steroid dienone is 2. The Bertz CT molecular complexity index is 494. The predicted molar refractivity (Wildman–Crippen MR) is 72.0 cm³/mol. The molecule has 2 nitrogen and oxygen atoms in total. The summed E-state index contributed by atoms with van der Waals surface area (Å²) in [7, 11) is 0. The van der Waals surface area contributed by atoms with Gasteiger partial charge < -0.3 is 4.74 Å². The molecule has 2 rings (SSSR count). The zero-order valence-electron chi connectivity index (χ0n) is 10.1. The average molecular weight is 237 g/mol. The van der Waals surface area contributed by atoms with Gasteiger partial charge in [0, 0.05) is 5.92 Å². The highest BCUT2D eigenvalue weighted by molar-refractivity contribution is 5.39. The van der Waals surface area contributed by atoms with Crippen LogP contribution < -0.4 is 0 Å². The number of benzene rings is 1. The lowest BCUT2D eigenvalue weighted by atomic mass is 9.89. The van der Waals surface area contributed by atoms with Crippen LogP contribution >= 0.6 is 0 Å². The summed E-state index contributed by atoms with van der Waals surface area (Å²) < 4.78 is 5.50. The zero-order valence-corrected chi connectivity index (χ0v) is 10.1. The molecule has 0 saturated heterocycles. The highest BCUT2D eigenvalue weighted by Crippen LogP contribution is 2.28. The average Bonchev–Trinajstić information content (AvgIpc) is 2.47. The molecule has 0 spiro atoms. The predicted octanol–water partition coefficient (Wildman–Crippen LogP) is 3.36. The number of ether oxygens (including phenoxy) is 1. The third kappa shape index (κ3) is 2.58. The van der Waals surface area contributed by atoms with E-state index in [1.165, 1.54) is 5.56 Å². The van der Waals surface area contributed by atoms with E-state index in [0.717, 1.165) is 0 Å². The molecule has 0 aromatic heterocycles. The SMILES string of the molecule is C=CCOC1(C#N)C=CC(c2ccccc2)C=C1. The maximum Gasteiger partial charge on any atom is 0.191 e. The number of hydrogen-bond donors (Lipinski definition) is 0. The van der Waals surface area contributed by atoms with Crippen LogP contribution in [0.4, 0.5) is 0 Å². The molecule has 0 saturated carbocycles. The number of nitriles is 1. The zero-order chi connectivity index (χ0) is 12.8. The highest BCUT2D eigenvalue weighted by atomic mass is 16.5. The van der Waals surface area contributed by atoms with E-state index in [1.54, 1.807) is 6.08 Å². The first-order chi connectivity index (χ1) is 8.79. The summed E-state index contributed by atoms with van der Waals surface area (Å²) in [6.07, 6.45) is 9.27. The van der Waals surface area contributed by atoms with Crippen LogP contribution in [0.15, 0.2) is 67.3 Å². The molecule has 0 radical (unpaired) electrons. The lowest BCUT2D eigenvalue weighted by Crippen LogP contribution is -2.27. The van der Waals surface area contributed by atoms with Crippen molar-refractivity contribution in [2.75, 3.05) is 6.61 Å². The van der Waals surface area contributed by atoms with E-state index in [2.05, 4.69) is 24.8 Å². The van der Waals surface area contributed by atoms with Gasteiger partial charge in [-0.1, -0.05) is 48.6 Å². The van der Waals surface area contributed by atoms with Gasteiger partial charge in [0.2, 0.25) is 0 Å². The normalized spacial score (nSPS) is 25.6. The Balaban J connectivity index is 2.15. The van der Waals surface area contributed by atoms with E-state index in [1.807, 2.05) is 42.5 Å². The monoisotopic (exact) mass is 237 g/mol. The Labute approximate surface area is 108 Å². The van der Waals surface area contributed by atoms with Crippen LogP contribution in [0.5, 0.6) is 0 Å². The minimum atomic E-state index is -0.945. The van der Waals surface area contributed by atoms with E-state index >= 15 is 0 Å². The maximum atomic E-state index is 9.21. The number of hydrogen-bond acceptors (Lipinski definition) is 2. The van der Waals surface area contributed by atoms with Gasteiger partial charge in [0.25, 0.3) is 0 Å². The lowest BCUT2D eigenvalue weighted by molar-refractivity contribution is 0.0889. The van der Waals surface area contributed by atoms with Gasteiger partial charge in [0.1, 0.15) is 6.07 Å². The fraction of sp³-hybridized carbons (Fsp3) is 0.188. The molecule has 0 unspecified atom stereocenters. The molecule has 1 aliphatic rings. The molecule has 0 N–H and O–H groups in total. The first-order valence-corrected chi connectivity index (χ1v) is 5.89. The number of nitrogens with zero attached hydrogens (tertiary/aromatic N) is 1. The van der Waals surface area contributed by atoms with Crippen LogP contribution in [-0.4, -0.2) is 12.2 Å². The second-order valence-electron chi connectivity index (χ2n) is 4.16. The van der Waals surface area contributed by atoms with Crippen LogP contribution in [0.3, 0.4) is 0 Å². The molecule has 18 heavy (non-hydrogen) atoms. The van der Waals surface area contributed by atoms with Gasteiger partial charge in [0.15, 0.2) is 5.60 Å². The molecule has 0 fully saturated rings. The third-order valence-corrected chi connectivity index (χ3v) is 2.90. The fourth-order valence-corrected chi connectivity index (χ4v) is 1.91. The molecular formula is C16H15NO. The van der Waals surface area contributed by atoms with Gasteiger partial charge in [-0.2, -0.15) is 5.26 Å². The Morgan fingerprint density at radius 2 is 1.94 bits per heavy atom. The van der Waals surface area contributed by atoms with Crippen molar-refractivity contribution in [2.24, 2.45) is 0 Å². The molecule has 0 amide bonds. The van der Waals surface area contributed by atoms with Gasteiger partial charge in [0.05, 0.1) is 6.61 Å². The fourth-order valence-electron chi connectivity index (χ4n) is 1.91. The first-order valence-electron chi connectivity index (χ1n) is 5.89. The maximum absolute atomic E-state index is 9.21. The van der Waals surface area contributed by atoms with E-state index in [9.17, 15) is 5.26 Å². The van der Waals surface area contributed by atoms with Crippen LogP contribution in [0.2, 0.25) is 0 Å². The molecular weight excluding hydrogens is 222 g/mol. The van der Waals surface area contributed by atoms with Crippen molar-refractivity contribution in [3.8, 4) is 6.07 Å². The van der Waals surface area contributed by atoms with Crippen molar-refractivity contribution < 1.29 is 4.74 Å². The van der Waals surface area contributed by atoms with E-state index in [4.69, 9.17) is 4.74 Å². The quantitative estimate of drug-likeness (QED) is 0.752. The minimum Gasteiger partial charge on any atom is -0.349 e.